The maximum Gasteiger partial charge on any atom is 0.437 e. The normalized spacial score (nSPS) is 11.2. The fraction of sp³-hybridized carbons (Fsp3) is 0.111. The quantitative estimate of drug-likeness (QED) is 0.543. The number of aromatic nitrogens is 3. The molecule has 3 aromatic rings. The highest BCUT2D eigenvalue weighted by atomic mass is 79.9. The summed E-state index contributed by atoms with van der Waals surface area (Å²) in [6, 6.07) is 8.28. The summed E-state index contributed by atoms with van der Waals surface area (Å²) in [5, 5.41) is 9.33. The number of pyridine rings is 1. The molecule has 30 heavy (non-hydrogen) atoms. The fourth-order valence-corrected chi connectivity index (χ4v) is 2.94. The highest BCUT2D eigenvalue weighted by molar-refractivity contribution is 9.10. The van der Waals surface area contributed by atoms with Gasteiger partial charge in [0, 0.05) is 10.6 Å². The molecule has 7 nitrogen and oxygen atoms in total. The van der Waals surface area contributed by atoms with Gasteiger partial charge in [0.15, 0.2) is 5.69 Å². The van der Waals surface area contributed by atoms with Gasteiger partial charge in [0.05, 0.1) is 23.0 Å². The molecule has 0 aliphatic carbocycles. The molecule has 1 N–H and O–H groups in total. The molecule has 0 bridgehead atoms. The van der Waals surface area contributed by atoms with E-state index in [1.807, 2.05) is 0 Å². The van der Waals surface area contributed by atoms with Crippen molar-refractivity contribution in [1.29, 1.82) is 5.26 Å². The lowest BCUT2D eigenvalue weighted by atomic mass is 10.2. The molecule has 0 spiro atoms. The molecule has 0 fully saturated rings. The first kappa shape index (κ1) is 21.6. The van der Waals surface area contributed by atoms with E-state index in [1.54, 1.807) is 6.07 Å². The van der Waals surface area contributed by atoms with Crippen molar-refractivity contribution < 1.29 is 17.9 Å². The zero-order valence-electron chi connectivity index (χ0n) is 14.6. The van der Waals surface area contributed by atoms with Crippen molar-refractivity contribution in [2.45, 2.75) is 12.7 Å². The van der Waals surface area contributed by atoms with Crippen molar-refractivity contribution >= 4 is 27.5 Å². The number of ether oxygens (including phenoxy) is 1. The summed E-state index contributed by atoms with van der Waals surface area (Å²) in [7, 11) is 0. The van der Waals surface area contributed by atoms with Crippen LogP contribution in [0.3, 0.4) is 0 Å². The van der Waals surface area contributed by atoms with Crippen molar-refractivity contribution in [2.75, 3.05) is 0 Å². The summed E-state index contributed by atoms with van der Waals surface area (Å²) in [5.41, 5.74) is -3.35. The Morgan fingerprint density at radius 1 is 1.27 bits per heavy atom. The highest BCUT2D eigenvalue weighted by Gasteiger charge is 2.39. The van der Waals surface area contributed by atoms with Gasteiger partial charge in [-0.1, -0.05) is 11.6 Å². The average molecular weight is 502 g/mol. The average Bonchev–Trinajstić information content (AvgIpc) is 2.67. The van der Waals surface area contributed by atoms with Gasteiger partial charge < -0.3 is 9.72 Å². The van der Waals surface area contributed by atoms with Gasteiger partial charge in [-0.15, -0.1) is 0 Å². The molecule has 1 aromatic carbocycles. The molecule has 0 aliphatic rings. The molecule has 0 saturated carbocycles. The Labute approximate surface area is 179 Å². The second kappa shape index (κ2) is 8.33. The molecule has 0 aliphatic heterocycles. The van der Waals surface area contributed by atoms with Gasteiger partial charge in [-0.25, -0.2) is 4.98 Å². The number of nitriles is 1. The molecule has 0 unspecified atom stereocenters. The molecule has 12 heteroatoms. The highest BCUT2D eigenvalue weighted by Crippen LogP contribution is 2.35. The standard InChI is InChI=1S/C18H9BrClF3N4O3/c19-13-4-1-9(16(28)26-13)7-27-8-25-15(18(21,22)23)14(17(27)29)30-12-3-2-11(20)5-10(12)6-24/h1-5,8H,7H2,(H,26,28). The lowest BCUT2D eigenvalue weighted by molar-refractivity contribution is -0.142. The van der Waals surface area contributed by atoms with E-state index < -0.39 is 28.7 Å². The molecular weight excluding hydrogens is 493 g/mol. The van der Waals surface area contributed by atoms with Gasteiger partial charge in [-0.05, 0) is 46.3 Å². The number of nitrogens with one attached hydrogen (secondary N) is 1. The molecule has 0 radical (unpaired) electrons. The van der Waals surface area contributed by atoms with Gasteiger partial charge in [0.1, 0.15) is 11.8 Å². The molecule has 0 amide bonds. The van der Waals surface area contributed by atoms with E-state index in [2.05, 4.69) is 25.9 Å². The van der Waals surface area contributed by atoms with Crippen LogP contribution in [0.15, 0.2) is 50.9 Å². The summed E-state index contributed by atoms with van der Waals surface area (Å²) < 4.78 is 46.6. The Kier molecular flexibility index (Phi) is 6.00. The van der Waals surface area contributed by atoms with Gasteiger partial charge in [0.2, 0.25) is 5.75 Å². The smallest absolute Gasteiger partial charge is 0.437 e. The molecule has 2 aromatic heterocycles. The molecule has 154 valence electrons. The Morgan fingerprint density at radius 2 is 2.00 bits per heavy atom. The van der Waals surface area contributed by atoms with Crippen LogP contribution in [0.1, 0.15) is 16.8 Å². The van der Waals surface area contributed by atoms with Crippen molar-refractivity contribution in [1.82, 2.24) is 14.5 Å². The first-order chi connectivity index (χ1) is 14.1. The second-order valence-electron chi connectivity index (χ2n) is 5.87. The van der Waals surface area contributed by atoms with Crippen LogP contribution in [0.4, 0.5) is 13.2 Å². The Morgan fingerprint density at radius 3 is 2.63 bits per heavy atom. The van der Waals surface area contributed by atoms with E-state index in [4.69, 9.17) is 21.6 Å². The third kappa shape index (κ3) is 4.55. The van der Waals surface area contributed by atoms with Crippen LogP contribution in [0.25, 0.3) is 0 Å². The molecule has 2 heterocycles. The lowest BCUT2D eigenvalue weighted by Gasteiger charge is -2.15. The van der Waals surface area contributed by atoms with Crippen molar-refractivity contribution in [2.24, 2.45) is 0 Å². The number of alkyl halides is 3. The van der Waals surface area contributed by atoms with Crippen LogP contribution >= 0.6 is 27.5 Å². The van der Waals surface area contributed by atoms with Crippen LogP contribution in [0.2, 0.25) is 5.02 Å². The number of halogens is 5. The van der Waals surface area contributed by atoms with E-state index in [0.29, 0.717) is 10.9 Å². The predicted molar refractivity (Wildman–Crippen MR) is 104 cm³/mol. The number of hydrogen-bond acceptors (Lipinski definition) is 5. The largest absolute Gasteiger partial charge is 0.448 e. The fourth-order valence-electron chi connectivity index (χ4n) is 2.45. The zero-order chi connectivity index (χ0) is 22.1. The minimum atomic E-state index is -5.00. The van der Waals surface area contributed by atoms with E-state index in [9.17, 15) is 22.8 Å². The van der Waals surface area contributed by atoms with Crippen molar-refractivity contribution in [3.8, 4) is 17.6 Å². The Bertz CT molecular complexity index is 1280. The topological polar surface area (TPSA) is 101 Å². The van der Waals surface area contributed by atoms with E-state index in [1.165, 1.54) is 24.3 Å². The van der Waals surface area contributed by atoms with Crippen LogP contribution in [-0.2, 0) is 12.7 Å². The van der Waals surface area contributed by atoms with Gasteiger partial charge in [-0.3, -0.25) is 14.2 Å². The minimum absolute atomic E-state index is 0.108. The third-order valence-electron chi connectivity index (χ3n) is 3.84. The van der Waals surface area contributed by atoms with Gasteiger partial charge in [0.25, 0.3) is 11.1 Å². The second-order valence-corrected chi connectivity index (χ2v) is 7.16. The van der Waals surface area contributed by atoms with Crippen LogP contribution in [0, 0.1) is 11.3 Å². The first-order valence-corrected chi connectivity index (χ1v) is 9.19. The maximum atomic E-state index is 13.4. The number of rotatable bonds is 4. The lowest BCUT2D eigenvalue weighted by Crippen LogP contribution is -2.28. The van der Waals surface area contributed by atoms with Crippen molar-refractivity contribution in [3.63, 3.8) is 0 Å². The molecular formula is C18H9BrClF3N4O3. The van der Waals surface area contributed by atoms with E-state index in [-0.39, 0.29) is 28.4 Å². The number of aromatic amines is 1. The van der Waals surface area contributed by atoms with E-state index in [0.717, 1.165) is 10.6 Å². The zero-order valence-corrected chi connectivity index (χ0v) is 17.0. The number of benzene rings is 1. The van der Waals surface area contributed by atoms with Crippen LogP contribution < -0.4 is 15.9 Å². The van der Waals surface area contributed by atoms with E-state index >= 15 is 0 Å². The molecule has 0 atom stereocenters. The third-order valence-corrected chi connectivity index (χ3v) is 4.53. The maximum absolute atomic E-state index is 13.4. The monoisotopic (exact) mass is 500 g/mol. The predicted octanol–water partition coefficient (Wildman–Crippen LogP) is 4.08. The number of hydrogen-bond donors (Lipinski definition) is 1. The molecule has 0 saturated heterocycles. The summed E-state index contributed by atoms with van der Waals surface area (Å²) in [5.74, 6) is -1.43. The van der Waals surface area contributed by atoms with Gasteiger partial charge >= 0.3 is 6.18 Å². The summed E-state index contributed by atoms with van der Waals surface area (Å²) in [6.07, 6.45) is -4.32. The Hall–Kier alpha value is -3.10. The number of H-pyrrole nitrogens is 1. The summed E-state index contributed by atoms with van der Waals surface area (Å²) >= 11 is 8.85. The van der Waals surface area contributed by atoms with Crippen LogP contribution in [-0.4, -0.2) is 14.5 Å². The summed E-state index contributed by atoms with van der Waals surface area (Å²) in [6.45, 7) is -0.353. The summed E-state index contributed by atoms with van der Waals surface area (Å²) in [4.78, 5) is 30.5. The van der Waals surface area contributed by atoms with Crippen LogP contribution in [0.5, 0.6) is 11.5 Å². The first-order valence-electron chi connectivity index (χ1n) is 8.02. The Balaban J connectivity index is 2.13. The number of nitrogens with zero attached hydrogens (tertiary/aromatic N) is 3. The van der Waals surface area contributed by atoms with Crippen molar-refractivity contribution in [3.05, 3.63) is 83.8 Å². The SMILES string of the molecule is N#Cc1cc(Cl)ccc1Oc1c(C(F)(F)F)ncn(Cc2ccc(Br)[nH]c2=O)c1=O. The minimum Gasteiger partial charge on any atom is -0.448 e. The van der Waals surface area contributed by atoms with Gasteiger partial charge in [-0.2, -0.15) is 18.4 Å². The molecule has 3 rings (SSSR count).